The molecule has 0 N–H and O–H groups in total. The summed E-state index contributed by atoms with van der Waals surface area (Å²) in [6.45, 7) is 10.6. The Hall–Kier alpha value is -0.510. The quantitative estimate of drug-likeness (QED) is 0.624. The average molecular weight is 169 g/mol. The lowest BCUT2D eigenvalue weighted by molar-refractivity contribution is 0.405. The second-order valence-corrected chi connectivity index (χ2v) is 3.27. The summed E-state index contributed by atoms with van der Waals surface area (Å²) in [6, 6.07) is 2.22. The van der Waals surface area contributed by atoms with Crippen LogP contribution in [0.4, 0.5) is 0 Å². The molecule has 0 aromatic heterocycles. The standard InChI is InChI=1S/C9H17N.C2H6/c1-4-9(5-6-10)7-8(2)3;1-2/h8-9H,4-5,7H2,1-3H3;1-2H3. The van der Waals surface area contributed by atoms with Crippen LogP contribution in [0.25, 0.3) is 0 Å². The van der Waals surface area contributed by atoms with Gasteiger partial charge in [0.05, 0.1) is 6.07 Å². The second-order valence-electron chi connectivity index (χ2n) is 3.27. The molecule has 0 saturated carbocycles. The van der Waals surface area contributed by atoms with E-state index in [2.05, 4.69) is 26.8 Å². The van der Waals surface area contributed by atoms with E-state index < -0.39 is 0 Å². The average Bonchev–Trinajstić information content (AvgIpc) is 2.07. The third-order valence-corrected chi connectivity index (χ3v) is 1.76. The molecule has 0 aromatic rings. The molecule has 0 heterocycles. The van der Waals surface area contributed by atoms with Crippen LogP contribution in [0.3, 0.4) is 0 Å². The van der Waals surface area contributed by atoms with Gasteiger partial charge in [-0.05, 0) is 18.3 Å². The molecule has 1 heteroatoms. The van der Waals surface area contributed by atoms with Crippen LogP contribution in [0.5, 0.6) is 0 Å². The maximum atomic E-state index is 8.43. The molecule has 12 heavy (non-hydrogen) atoms. The minimum Gasteiger partial charge on any atom is -0.198 e. The molecule has 0 spiro atoms. The summed E-state index contributed by atoms with van der Waals surface area (Å²) < 4.78 is 0. The number of hydrogen-bond acceptors (Lipinski definition) is 1. The van der Waals surface area contributed by atoms with Gasteiger partial charge in [0.1, 0.15) is 0 Å². The molecule has 0 aliphatic heterocycles. The first-order chi connectivity index (χ1) is 5.70. The summed E-state index contributed by atoms with van der Waals surface area (Å²) in [7, 11) is 0. The SMILES string of the molecule is CC.CCC(CC#N)CC(C)C. The van der Waals surface area contributed by atoms with Gasteiger partial charge in [0.2, 0.25) is 0 Å². The fraction of sp³-hybridized carbons (Fsp3) is 0.909. The molecule has 0 fully saturated rings. The molecular formula is C11H23N. The van der Waals surface area contributed by atoms with E-state index in [9.17, 15) is 0 Å². The third kappa shape index (κ3) is 9.49. The topological polar surface area (TPSA) is 23.8 Å². The molecule has 1 atom stereocenters. The Bertz CT molecular complexity index is 111. The van der Waals surface area contributed by atoms with Crippen molar-refractivity contribution in [2.24, 2.45) is 11.8 Å². The molecule has 0 amide bonds. The van der Waals surface area contributed by atoms with E-state index in [1.54, 1.807) is 0 Å². The Morgan fingerprint density at radius 2 is 1.75 bits per heavy atom. The van der Waals surface area contributed by atoms with Crippen molar-refractivity contribution in [3.8, 4) is 6.07 Å². The summed E-state index contributed by atoms with van der Waals surface area (Å²) in [6.07, 6.45) is 3.07. The van der Waals surface area contributed by atoms with Crippen LogP contribution < -0.4 is 0 Å². The number of hydrogen-bond donors (Lipinski definition) is 0. The Morgan fingerprint density at radius 3 is 2.00 bits per heavy atom. The van der Waals surface area contributed by atoms with E-state index in [-0.39, 0.29) is 0 Å². The zero-order valence-corrected chi connectivity index (χ0v) is 9.22. The monoisotopic (exact) mass is 169 g/mol. The second kappa shape index (κ2) is 10.5. The number of rotatable bonds is 4. The minimum absolute atomic E-state index is 0.630. The largest absolute Gasteiger partial charge is 0.198 e. The highest BCUT2D eigenvalue weighted by Crippen LogP contribution is 2.17. The molecule has 0 aliphatic carbocycles. The molecule has 0 aromatic carbocycles. The van der Waals surface area contributed by atoms with Crippen molar-refractivity contribution in [1.82, 2.24) is 0 Å². The van der Waals surface area contributed by atoms with Gasteiger partial charge in [0.25, 0.3) is 0 Å². The highest BCUT2D eigenvalue weighted by Gasteiger charge is 2.06. The van der Waals surface area contributed by atoms with Gasteiger partial charge in [-0.1, -0.05) is 41.0 Å². The lowest BCUT2D eigenvalue weighted by atomic mass is 9.93. The smallest absolute Gasteiger partial charge is 0.0624 e. The zero-order valence-electron chi connectivity index (χ0n) is 9.22. The van der Waals surface area contributed by atoms with Crippen molar-refractivity contribution in [2.45, 2.75) is 53.9 Å². The fourth-order valence-electron chi connectivity index (χ4n) is 1.19. The van der Waals surface area contributed by atoms with Crippen LogP contribution in [0.15, 0.2) is 0 Å². The van der Waals surface area contributed by atoms with Gasteiger partial charge in [0.15, 0.2) is 0 Å². The molecule has 1 nitrogen and oxygen atoms in total. The van der Waals surface area contributed by atoms with Crippen molar-refractivity contribution in [3.05, 3.63) is 0 Å². The normalized spacial score (nSPS) is 11.4. The maximum Gasteiger partial charge on any atom is 0.0624 e. The maximum absolute atomic E-state index is 8.43. The zero-order chi connectivity index (χ0) is 9.98. The highest BCUT2D eigenvalue weighted by molar-refractivity contribution is 4.75. The molecule has 0 radical (unpaired) electrons. The summed E-state index contributed by atoms with van der Waals surface area (Å²) in [5.41, 5.74) is 0. The number of nitriles is 1. The molecule has 72 valence electrons. The molecular weight excluding hydrogens is 146 g/mol. The molecule has 0 saturated heterocycles. The van der Waals surface area contributed by atoms with E-state index in [0.717, 1.165) is 18.8 Å². The van der Waals surface area contributed by atoms with Crippen LogP contribution >= 0.6 is 0 Å². The summed E-state index contributed by atoms with van der Waals surface area (Å²) in [5.74, 6) is 1.36. The first kappa shape index (κ1) is 14.0. The highest BCUT2D eigenvalue weighted by atomic mass is 14.2. The molecule has 0 rings (SSSR count). The summed E-state index contributed by atoms with van der Waals surface area (Å²) in [5, 5.41) is 8.43. The molecule has 0 bridgehead atoms. The van der Waals surface area contributed by atoms with E-state index in [1.807, 2.05) is 13.8 Å². The van der Waals surface area contributed by atoms with Gasteiger partial charge >= 0.3 is 0 Å². The van der Waals surface area contributed by atoms with Gasteiger partial charge in [-0.25, -0.2) is 0 Å². The first-order valence-electron chi connectivity index (χ1n) is 5.07. The van der Waals surface area contributed by atoms with E-state index in [0.29, 0.717) is 5.92 Å². The van der Waals surface area contributed by atoms with Crippen molar-refractivity contribution in [3.63, 3.8) is 0 Å². The summed E-state index contributed by atoms with van der Waals surface area (Å²) >= 11 is 0. The van der Waals surface area contributed by atoms with Crippen molar-refractivity contribution in [1.29, 1.82) is 5.26 Å². The van der Waals surface area contributed by atoms with Crippen LogP contribution in [0.1, 0.15) is 53.9 Å². The Balaban J connectivity index is 0. The predicted octanol–water partition coefficient (Wildman–Crippen LogP) is 4.00. The minimum atomic E-state index is 0.630. The molecule has 0 aliphatic rings. The van der Waals surface area contributed by atoms with Crippen LogP contribution in [-0.4, -0.2) is 0 Å². The summed E-state index contributed by atoms with van der Waals surface area (Å²) in [4.78, 5) is 0. The van der Waals surface area contributed by atoms with Crippen LogP contribution in [0.2, 0.25) is 0 Å². The fourth-order valence-corrected chi connectivity index (χ4v) is 1.19. The van der Waals surface area contributed by atoms with Crippen molar-refractivity contribution in [2.75, 3.05) is 0 Å². The Morgan fingerprint density at radius 1 is 1.25 bits per heavy atom. The van der Waals surface area contributed by atoms with E-state index in [4.69, 9.17) is 5.26 Å². The van der Waals surface area contributed by atoms with E-state index >= 15 is 0 Å². The van der Waals surface area contributed by atoms with Crippen molar-refractivity contribution < 1.29 is 0 Å². The Labute approximate surface area is 77.8 Å². The lowest BCUT2D eigenvalue weighted by Crippen LogP contribution is -2.01. The van der Waals surface area contributed by atoms with Gasteiger partial charge in [-0.15, -0.1) is 0 Å². The van der Waals surface area contributed by atoms with Gasteiger partial charge in [-0.3, -0.25) is 0 Å². The first-order valence-corrected chi connectivity index (χ1v) is 5.07. The Kier molecular flexibility index (Phi) is 12.3. The molecule has 1 unspecified atom stereocenters. The number of nitrogens with zero attached hydrogens (tertiary/aromatic N) is 1. The lowest BCUT2D eigenvalue weighted by Gasteiger charge is -2.12. The van der Waals surface area contributed by atoms with Gasteiger partial charge in [-0.2, -0.15) is 5.26 Å². The van der Waals surface area contributed by atoms with Crippen LogP contribution in [-0.2, 0) is 0 Å². The van der Waals surface area contributed by atoms with Gasteiger partial charge < -0.3 is 0 Å². The van der Waals surface area contributed by atoms with Crippen LogP contribution in [0, 0.1) is 23.2 Å². The predicted molar refractivity (Wildman–Crippen MR) is 54.8 cm³/mol. The van der Waals surface area contributed by atoms with Crippen molar-refractivity contribution >= 4 is 0 Å². The third-order valence-electron chi connectivity index (χ3n) is 1.76. The van der Waals surface area contributed by atoms with Gasteiger partial charge in [0, 0.05) is 6.42 Å². The van der Waals surface area contributed by atoms with E-state index in [1.165, 1.54) is 6.42 Å².